The van der Waals surface area contributed by atoms with Crippen LogP contribution in [0.15, 0.2) is 0 Å². The molecule has 0 amide bonds. The number of alkyl halides is 1. The zero-order valence-electron chi connectivity index (χ0n) is 16.7. The molecule has 3 nitrogen and oxygen atoms in total. The first-order chi connectivity index (χ1) is 11.0. The van der Waals surface area contributed by atoms with Crippen LogP contribution in [0.5, 0.6) is 0 Å². The van der Waals surface area contributed by atoms with Gasteiger partial charge in [-0.3, -0.25) is 4.79 Å². The van der Waals surface area contributed by atoms with Crippen LogP contribution in [0.1, 0.15) is 78.0 Å². The number of carbonyl (C=O) groups is 1. The van der Waals surface area contributed by atoms with Gasteiger partial charge >= 0.3 is 5.97 Å². The average Bonchev–Trinajstić information content (AvgIpc) is 2.43. The molecule has 1 unspecified atom stereocenters. The van der Waals surface area contributed by atoms with Crippen molar-refractivity contribution in [2.24, 2.45) is 0 Å². The minimum atomic E-state index is -3.41. The van der Waals surface area contributed by atoms with Crippen molar-refractivity contribution >= 4 is 17.6 Å². The molecule has 0 radical (unpaired) electrons. The van der Waals surface area contributed by atoms with Gasteiger partial charge in [-0.2, -0.15) is 0 Å². The predicted octanol–water partition coefficient (Wildman–Crippen LogP) is 4.05. The highest BCUT2D eigenvalue weighted by atomic mass is 35.5. The number of unbranched alkanes of at least 4 members (excludes halogenated alkanes) is 8. The lowest BCUT2D eigenvalue weighted by molar-refractivity contribution is -0.146. The number of hydrogen-bond donors (Lipinski definition) is 1. The van der Waals surface area contributed by atoms with E-state index < -0.39 is 24.4 Å². The Morgan fingerprint density at radius 2 is 1.74 bits per heavy atom. The first kappa shape index (κ1) is 11.4. The molecule has 0 aromatic heterocycles. The molecule has 1 atom stereocenters. The first-order valence-corrected chi connectivity index (χ1v) is 7.46. The maximum absolute atomic E-state index is 11.6. The summed E-state index contributed by atoms with van der Waals surface area (Å²) < 4.78 is 40.7. The summed E-state index contributed by atoms with van der Waals surface area (Å²) in [6.45, 7) is -1.07. The van der Waals surface area contributed by atoms with E-state index >= 15 is 0 Å². The Balaban J connectivity index is 3.98. The van der Waals surface area contributed by atoms with E-state index in [-0.39, 0.29) is 6.42 Å². The van der Waals surface area contributed by atoms with Crippen molar-refractivity contribution in [3.8, 4) is 0 Å². The van der Waals surface area contributed by atoms with Crippen molar-refractivity contribution in [2.75, 3.05) is 12.4 Å². The van der Waals surface area contributed by atoms with E-state index in [0.29, 0.717) is 6.42 Å². The van der Waals surface area contributed by atoms with Gasteiger partial charge < -0.3 is 9.84 Å². The van der Waals surface area contributed by atoms with Crippen molar-refractivity contribution in [1.82, 2.24) is 0 Å². The number of carbonyl (C=O) groups excluding carboxylic acids is 1. The summed E-state index contributed by atoms with van der Waals surface area (Å²) in [4.78, 5) is 11.6. The Kier molecular flexibility index (Phi) is 8.47. The molecule has 0 bridgehead atoms. The highest BCUT2D eigenvalue weighted by Gasteiger charge is 2.07. The quantitative estimate of drug-likeness (QED) is 0.317. The Morgan fingerprint density at radius 1 is 1.21 bits per heavy atom. The lowest BCUT2D eigenvalue weighted by Crippen LogP contribution is -2.19. The number of esters is 1. The minimum absolute atomic E-state index is 0.0449. The number of aliphatic hydroxyl groups is 1. The van der Waals surface area contributed by atoms with Gasteiger partial charge in [-0.1, -0.05) is 58.3 Å². The van der Waals surface area contributed by atoms with Crippen LogP contribution in [-0.2, 0) is 9.53 Å². The fourth-order valence-corrected chi connectivity index (χ4v) is 1.79. The van der Waals surface area contributed by atoms with Gasteiger partial charge in [0.15, 0.2) is 0 Å². The fraction of sp³-hybridized carbons (Fsp3) is 0.933. The van der Waals surface area contributed by atoms with E-state index in [0.717, 1.165) is 19.3 Å². The van der Waals surface area contributed by atoms with E-state index in [1.54, 1.807) is 0 Å². The van der Waals surface area contributed by atoms with Gasteiger partial charge in [0.25, 0.3) is 0 Å². The Morgan fingerprint density at radius 3 is 2.26 bits per heavy atom. The van der Waals surface area contributed by atoms with Gasteiger partial charge in [0.05, 0.1) is 9.94 Å². The second-order valence-corrected chi connectivity index (χ2v) is 4.79. The summed E-state index contributed by atoms with van der Waals surface area (Å²) in [6.07, 6.45) is 6.08. The van der Waals surface area contributed by atoms with Crippen LogP contribution in [0, 0.1) is 0 Å². The molecule has 0 aliphatic carbocycles. The molecule has 19 heavy (non-hydrogen) atoms. The minimum Gasteiger partial charge on any atom is -0.463 e. The summed E-state index contributed by atoms with van der Waals surface area (Å²) in [5, 5.41) is 9.57. The summed E-state index contributed by atoms with van der Waals surface area (Å²) >= 11 is 5.16. The first-order valence-electron chi connectivity index (χ1n) is 9.59. The van der Waals surface area contributed by atoms with Gasteiger partial charge in [0, 0.05) is 9.16 Å². The highest BCUT2D eigenvalue weighted by molar-refractivity contribution is 6.18. The molecule has 0 rings (SSSR count). The van der Waals surface area contributed by atoms with E-state index in [4.69, 9.17) is 18.5 Å². The molecule has 0 saturated carbocycles. The fourth-order valence-electron chi connectivity index (χ4n) is 1.76. The summed E-state index contributed by atoms with van der Waals surface area (Å²) in [5.74, 6) is -4.02. The van der Waals surface area contributed by atoms with E-state index in [1.165, 1.54) is 32.1 Å². The van der Waals surface area contributed by atoms with Gasteiger partial charge in [-0.25, -0.2) is 0 Å². The van der Waals surface area contributed by atoms with Crippen LogP contribution >= 0.6 is 11.6 Å². The maximum atomic E-state index is 11.6. The number of ether oxygens (including phenoxy) is 1. The SMILES string of the molecule is [2H]C([2H])(Cl)C([2H])(O)C([2H])([2H])OC(=O)CCCCCCCCCCC. The Bertz CT molecular complexity index is 373. The smallest absolute Gasteiger partial charge is 0.305 e. The van der Waals surface area contributed by atoms with Crippen molar-refractivity contribution in [3.05, 3.63) is 0 Å². The van der Waals surface area contributed by atoms with E-state index in [9.17, 15) is 9.90 Å². The van der Waals surface area contributed by atoms with Crippen molar-refractivity contribution in [3.63, 3.8) is 0 Å². The molecule has 0 aromatic carbocycles. The molecular formula is C15H29ClO3. The molecule has 4 heteroatoms. The molecule has 0 aliphatic heterocycles. The molecule has 0 aromatic rings. The molecule has 0 spiro atoms. The zero-order chi connectivity index (χ0) is 18.9. The summed E-state index contributed by atoms with van der Waals surface area (Å²) in [5.41, 5.74) is 0. The third-order valence-corrected chi connectivity index (χ3v) is 3.01. The van der Waals surface area contributed by atoms with Gasteiger partial charge in [-0.05, 0) is 6.42 Å². The Hall–Kier alpha value is -0.280. The van der Waals surface area contributed by atoms with Gasteiger partial charge in [-0.15, -0.1) is 11.6 Å². The molecule has 0 saturated heterocycles. The maximum Gasteiger partial charge on any atom is 0.305 e. The van der Waals surface area contributed by atoms with E-state index in [2.05, 4.69) is 11.7 Å². The van der Waals surface area contributed by atoms with E-state index in [1.807, 2.05) is 0 Å². The molecular weight excluding hydrogens is 264 g/mol. The van der Waals surface area contributed by atoms with Crippen LogP contribution in [0.4, 0.5) is 0 Å². The number of halogens is 1. The molecule has 114 valence electrons. The van der Waals surface area contributed by atoms with Gasteiger partial charge in [0.1, 0.15) is 12.6 Å². The molecule has 0 fully saturated rings. The molecule has 0 aliphatic rings. The second-order valence-electron chi connectivity index (χ2n) is 4.60. The Labute approximate surface area is 129 Å². The summed E-state index contributed by atoms with van der Waals surface area (Å²) in [6, 6.07) is 0. The van der Waals surface area contributed by atoms with Crippen LogP contribution in [0.25, 0.3) is 0 Å². The monoisotopic (exact) mass is 297 g/mol. The second kappa shape index (κ2) is 14.1. The van der Waals surface area contributed by atoms with Crippen molar-refractivity contribution in [2.45, 2.75) is 77.2 Å². The van der Waals surface area contributed by atoms with Crippen LogP contribution < -0.4 is 0 Å². The largest absolute Gasteiger partial charge is 0.463 e. The van der Waals surface area contributed by atoms with Crippen LogP contribution in [0.3, 0.4) is 0 Å². The lowest BCUT2D eigenvalue weighted by atomic mass is 10.1. The highest BCUT2D eigenvalue weighted by Crippen LogP contribution is 2.10. The van der Waals surface area contributed by atoms with Crippen LogP contribution in [-0.4, -0.2) is 29.5 Å². The topological polar surface area (TPSA) is 46.5 Å². The van der Waals surface area contributed by atoms with Crippen molar-refractivity contribution in [1.29, 1.82) is 0 Å². The van der Waals surface area contributed by atoms with Gasteiger partial charge in [0.2, 0.25) is 0 Å². The predicted molar refractivity (Wildman–Crippen MR) is 79.5 cm³/mol. The summed E-state index contributed by atoms with van der Waals surface area (Å²) in [7, 11) is 0. The molecule has 1 N–H and O–H groups in total. The normalized spacial score (nSPS) is 19.4. The number of rotatable bonds is 13. The molecule has 0 heterocycles. The standard InChI is InChI=1S/C15H29ClO3/c1-2-3-4-5-6-7-8-9-10-11-15(18)19-13-14(17)12-16/h14,17H,2-13H2,1H3/i12D2,13D2,14D. The third kappa shape index (κ3) is 13.9. The average molecular weight is 298 g/mol. The number of hydrogen-bond acceptors (Lipinski definition) is 3. The third-order valence-electron chi connectivity index (χ3n) is 2.84. The lowest BCUT2D eigenvalue weighted by Gasteiger charge is -2.08. The zero-order valence-corrected chi connectivity index (χ0v) is 12.5. The van der Waals surface area contributed by atoms with Crippen LogP contribution in [0.2, 0.25) is 0 Å². The van der Waals surface area contributed by atoms with Crippen molar-refractivity contribution < 1.29 is 21.5 Å².